The van der Waals surface area contributed by atoms with Crippen LogP contribution in [0.4, 0.5) is 0 Å². The highest BCUT2D eigenvalue weighted by Gasteiger charge is 1.99. The minimum atomic E-state index is -0.187. The van der Waals surface area contributed by atoms with E-state index in [0.717, 1.165) is 5.56 Å². The molecule has 0 saturated heterocycles. The van der Waals surface area contributed by atoms with E-state index in [0.29, 0.717) is 0 Å². The van der Waals surface area contributed by atoms with Crippen LogP contribution in [0.1, 0.15) is 5.56 Å². The van der Waals surface area contributed by atoms with Crippen LogP contribution in [0.25, 0.3) is 0 Å². The molecule has 1 aromatic heterocycles. The summed E-state index contributed by atoms with van der Waals surface area (Å²) in [5.74, 6) is 0. The molecule has 5 heteroatoms. The smallest absolute Gasteiger partial charge is 0.208 e. The molecule has 0 amide bonds. The van der Waals surface area contributed by atoms with Gasteiger partial charge in [0.1, 0.15) is 0 Å². The quantitative estimate of drug-likeness (QED) is 0.552. The SMILES string of the molecule is C1=CNC(N/N=C/c2ccncc2)N=C1. The zero-order chi connectivity index (χ0) is 10.3. The number of nitrogens with zero attached hydrogens (tertiary/aromatic N) is 3. The molecule has 5 nitrogen and oxygen atoms in total. The van der Waals surface area contributed by atoms with E-state index in [1.54, 1.807) is 24.8 Å². The summed E-state index contributed by atoms with van der Waals surface area (Å²) in [5.41, 5.74) is 3.85. The highest BCUT2D eigenvalue weighted by atomic mass is 15.4. The molecule has 1 aliphatic heterocycles. The molecule has 0 aliphatic carbocycles. The molecule has 0 radical (unpaired) electrons. The van der Waals surface area contributed by atoms with Gasteiger partial charge in [-0.2, -0.15) is 5.10 Å². The van der Waals surface area contributed by atoms with Gasteiger partial charge in [0.15, 0.2) is 0 Å². The summed E-state index contributed by atoms with van der Waals surface area (Å²) >= 11 is 0. The number of aliphatic imine (C=N–C) groups is 1. The van der Waals surface area contributed by atoms with Crippen molar-refractivity contribution in [2.75, 3.05) is 0 Å². The Hall–Kier alpha value is -2.17. The van der Waals surface area contributed by atoms with Crippen molar-refractivity contribution in [3.05, 3.63) is 42.4 Å². The average molecular weight is 201 g/mol. The number of allylic oxidation sites excluding steroid dienone is 1. The van der Waals surface area contributed by atoms with Crippen molar-refractivity contribution in [3.8, 4) is 0 Å². The van der Waals surface area contributed by atoms with Gasteiger partial charge in [-0.15, -0.1) is 0 Å². The molecule has 2 N–H and O–H groups in total. The number of aromatic nitrogens is 1. The van der Waals surface area contributed by atoms with Gasteiger partial charge in [-0.25, -0.2) is 4.99 Å². The molecule has 2 heterocycles. The average Bonchev–Trinajstić information content (AvgIpc) is 2.32. The van der Waals surface area contributed by atoms with Crippen molar-refractivity contribution < 1.29 is 0 Å². The van der Waals surface area contributed by atoms with Gasteiger partial charge in [0.05, 0.1) is 6.21 Å². The molecular weight excluding hydrogens is 190 g/mol. The van der Waals surface area contributed by atoms with Gasteiger partial charge in [0.2, 0.25) is 6.29 Å². The second-order valence-electron chi connectivity index (χ2n) is 2.89. The van der Waals surface area contributed by atoms with Gasteiger partial charge in [0, 0.05) is 24.8 Å². The summed E-state index contributed by atoms with van der Waals surface area (Å²) in [7, 11) is 0. The van der Waals surface area contributed by atoms with Crippen molar-refractivity contribution in [2.45, 2.75) is 6.29 Å². The lowest BCUT2D eigenvalue weighted by molar-refractivity contribution is 0.506. The van der Waals surface area contributed by atoms with Crippen LogP contribution in [0.2, 0.25) is 0 Å². The minimum absolute atomic E-state index is 0.187. The first-order valence-electron chi connectivity index (χ1n) is 4.58. The largest absolute Gasteiger partial charge is 0.352 e. The number of hydrazone groups is 1. The van der Waals surface area contributed by atoms with Gasteiger partial charge >= 0.3 is 0 Å². The predicted molar refractivity (Wildman–Crippen MR) is 59.5 cm³/mol. The van der Waals surface area contributed by atoms with E-state index in [1.165, 1.54) is 0 Å². The van der Waals surface area contributed by atoms with Crippen LogP contribution in [0, 0.1) is 0 Å². The summed E-state index contributed by atoms with van der Waals surface area (Å²) in [6.07, 6.45) is 10.3. The zero-order valence-corrected chi connectivity index (χ0v) is 8.04. The van der Waals surface area contributed by atoms with E-state index >= 15 is 0 Å². The number of pyridine rings is 1. The van der Waals surface area contributed by atoms with Gasteiger partial charge in [-0.1, -0.05) is 0 Å². The summed E-state index contributed by atoms with van der Waals surface area (Å²) < 4.78 is 0. The maximum Gasteiger partial charge on any atom is 0.208 e. The fourth-order valence-electron chi connectivity index (χ4n) is 1.07. The molecule has 0 aromatic carbocycles. The van der Waals surface area contributed by atoms with Crippen LogP contribution < -0.4 is 10.7 Å². The van der Waals surface area contributed by atoms with Crippen LogP contribution in [-0.2, 0) is 0 Å². The summed E-state index contributed by atoms with van der Waals surface area (Å²) in [6, 6.07) is 3.76. The first-order chi connectivity index (χ1) is 7.45. The third-order valence-corrected chi connectivity index (χ3v) is 1.79. The lowest BCUT2D eigenvalue weighted by Crippen LogP contribution is -2.36. The molecule has 0 spiro atoms. The highest BCUT2D eigenvalue weighted by molar-refractivity contribution is 5.78. The van der Waals surface area contributed by atoms with E-state index in [1.807, 2.05) is 24.4 Å². The summed E-state index contributed by atoms with van der Waals surface area (Å²) in [6.45, 7) is 0. The Morgan fingerprint density at radius 2 is 2.27 bits per heavy atom. The maximum absolute atomic E-state index is 4.10. The van der Waals surface area contributed by atoms with Gasteiger partial charge < -0.3 is 5.32 Å². The van der Waals surface area contributed by atoms with Crippen LogP contribution >= 0.6 is 0 Å². The van der Waals surface area contributed by atoms with Crippen molar-refractivity contribution in [3.63, 3.8) is 0 Å². The van der Waals surface area contributed by atoms with Gasteiger partial charge in [-0.3, -0.25) is 10.4 Å². The normalized spacial score (nSPS) is 19.1. The molecule has 2 rings (SSSR count). The van der Waals surface area contributed by atoms with Crippen molar-refractivity contribution in [1.82, 2.24) is 15.7 Å². The Labute approximate surface area is 87.6 Å². The summed E-state index contributed by atoms with van der Waals surface area (Å²) in [4.78, 5) is 8.02. The third kappa shape index (κ3) is 2.91. The molecule has 1 atom stereocenters. The fraction of sp³-hybridized carbons (Fsp3) is 0.100. The Bertz CT molecular complexity index is 382. The second kappa shape index (κ2) is 4.90. The number of hydrogen-bond donors (Lipinski definition) is 2. The monoisotopic (exact) mass is 201 g/mol. The molecule has 0 saturated carbocycles. The summed E-state index contributed by atoms with van der Waals surface area (Å²) in [5, 5.41) is 7.04. The van der Waals surface area contributed by atoms with E-state index in [9.17, 15) is 0 Å². The van der Waals surface area contributed by atoms with Crippen molar-refractivity contribution >= 4 is 12.4 Å². The molecule has 0 bridgehead atoms. The van der Waals surface area contributed by atoms with E-state index in [2.05, 4.69) is 25.8 Å². The molecule has 15 heavy (non-hydrogen) atoms. The maximum atomic E-state index is 4.10. The standard InChI is InChI=1S/C10H11N5/c1-4-12-10(13-5-1)15-14-8-9-2-6-11-7-3-9/h1-8,10,12,15H/b14-8+. The number of nitrogens with one attached hydrogen (secondary N) is 2. The van der Waals surface area contributed by atoms with Crippen LogP contribution in [0.15, 0.2) is 46.9 Å². The molecular formula is C10H11N5. The number of hydrogen-bond acceptors (Lipinski definition) is 5. The second-order valence-corrected chi connectivity index (χ2v) is 2.89. The van der Waals surface area contributed by atoms with Crippen LogP contribution in [-0.4, -0.2) is 23.7 Å². The number of rotatable bonds is 3. The Morgan fingerprint density at radius 1 is 1.40 bits per heavy atom. The first-order valence-corrected chi connectivity index (χ1v) is 4.58. The molecule has 1 unspecified atom stereocenters. The topological polar surface area (TPSA) is 61.7 Å². The van der Waals surface area contributed by atoms with E-state index < -0.39 is 0 Å². The third-order valence-electron chi connectivity index (χ3n) is 1.79. The van der Waals surface area contributed by atoms with Crippen molar-refractivity contribution in [1.29, 1.82) is 0 Å². The van der Waals surface area contributed by atoms with Gasteiger partial charge in [0.25, 0.3) is 0 Å². The molecule has 0 fully saturated rings. The minimum Gasteiger partial charge on any atom is -0.352 e. The Morgan fingerprint density at radius 3 is 3.00 bits per heavy atom. The lowest BCUT2D eigenvalue weighted by Gasteiger charge is -2.13. The Balaban J connectivity index is 1.85. The molecule has 1 aromatic rings. The molecule has 76 valence electrons. The predicted octanol–water partition coefficient (Wildman–Crippen LogP) is 0.476. The van der Waals surface area contributed by atoms with Crippen LogP contribution in [0.5, 0.6) is 0 Å². The zero-order valence-electron chi connectivity index (χ0n) is 8.04. The molecule has 1 aliphatic rings. The van der Waals surface area contributed by atoms with E-state index in [4.69, 9.17) is 0 Å². The van der Waals surface area contributed by atoms with E-state index in [-0.39, 0.29) is 6.29 Å². The highest BCUT2D eigenvalue weighted by Crippen LogP contribution is 1.91. The van der Waals surface area contributed by atoms with Crippen molar-refractivity contribution in [2.24, 2.45) is 10.1 Å². The Kier molecular flexibility index (Phi) is 3.07. The fourth-order valence-corrected chi connectivity index (χ4v) is 1.07. The lowest BCUT2D eigenvalue weighted by atomic mass is 10.3. The van der Waals surface area contributed by atoms with Gasteiger partial charge in [-0.05, 0) is 23.8 Å². The first kappa shape index (κ1) is 9.39. The van der Waals surface area contributed by atoms with Crippen LogP contribution in [0.3, 0.4) is 0 Å².